The Labute approximate surface area is 170 Å². The number of hydrogen-bond donors (Lipinski definition) is 2. The molecule has 4 aromatic carbocycles. The molecule has 0 spiro atoms. The van der Waals surface area contributed by atoms with Gasteiger partial charge in [0, 0.05) is 27.3 Å². The Bertz CT molecular complexity index is 1560. The molecule has 0 unspecified atom stereocenters. The molecule has 0 radical (unpaired) electrons. The van der Waals surface area contributed by atoms with Gasteiger partial charge in [0.05, 0.1) is 5.56 Å². The molecule has 0 aliphatic carbocycles. The van der Waals surface area contributed by atoms with Crippen LogP contribution in [0.1, 0.15) is 15.9 Å². The van der Waals surface area contributed by atoms with Gasteiger partial charge in [0.1, 0.15) is 16.9 Å². The summed E-state index contributed by atoms with van der Waals surface area (Å²) < 4.78 is 6.26. The van der Waals surface area contributed by atoms with Crippen molar-refractivity contribution in [3.05, 3.63) is 88.1 Å². The summed E-state index contributed by atoms with van der Waals surface area (Å²) in [4.78, 5) is 23.7. The molecule has 5 nitrogen and oxygen atoms in total. The molecule has 0 amide bonds. The lowest BCUT2D eigenvalue weighted by Gasteiger charge is -2.16. The van der Waals surface area contributed by atoms with E-state index in [1.807, 2.05) is 12.1 Å². The Morgan fingerprint density at radius 1 is 0.867 bits per heavy atom. The minimum Gasteiger partial charge on any atom is -0.508 e. The van der Waals surface area contributed by atoms with Gasteiger partial charge in [0.15, 0.2) is 5.43 Å². The zero-order valence-electron chi connectivity index (χ0n) is 16.0. The van der Waals surface area contributed by atoms with Gasteiger partial charge in [-0.05, 0) is 60.3 Å². The maximum Gasteiger partial charge on any atom is 0.336 e. The topological polar surface area (TPSA) is 87.7 Å². The van der Waals surface area contributed by atoms with Crippen LogP contribution in [0.3, 0.4) is 0 Å². The van der Waals surface area contributed by atoms with E-state index < -0.39 is 5.97 Å². The minimum absolute atomic E-state index is 0.0881. The summed E-state index contributed by atoms with van der Waals surface area (Å²) in [6.45, 7) is 1.75. The predicted octanol–water partition coefficient (Wildman–Crippen LogP) is 5.48. The predicted molar refractivity (Wildman–Crippen MR) is 116 cm³/mol. The summed E-state index contributed by atoms with van der Waals surface area (Å²) in [5.41, 5.74) is 2.89. The van der Waals surface area contributed by atoms with Gasteiger partial charge in [-0.25, -0.2) is 4.79 Å². The third-order valence-corrected chi connectivity index (χ3v) is 5.49. The number of aryl methyl sites for hydroxylation is 1. The highest BCUT2D eigenvalue weighted by molar-refractivity contribution is 6.17. The Morgan fingerprint density at radius 3 is 2.37 bits per heavy atom. The van der Waals surface area contributed by atoms with Crippen LogP contribution in [0.5, 0.6) is 5.75 Å². The first-order chi connectivity index (χ1) is 14.5. The number of carbonyl (C=O) groups is 1. The molecule has 0 aliphatic rings. The Balaban J connectivity index is 2.07. The van der Waals surface area contributed by atoms with Gasteiger partial charge < -0.3 is 14.6 Å². The lowest BCUT2D eigenvalue weighted by Crippen LogP contribution is -2.00. The molecule has 2 N–H and O–H groups in total. The summed E-state index contributed by atoms with van der Waals surface area (Å²) in [5, 5.41) is 22.9. The molecule has 0 saturated carbocycles. The quantitative estimate of drug-likeness (QED) is 0.305. The standard InChI is InChI=1S/C25H16O5/c1-13-21(27)11-10-19-22(17-4-2-3-5-18(17)25(28)29)20-8-6-14-12-15(26)7-9-16(14)24(20)30-23(13)19/h2-12,27H,1H3,(H,28,29). The van der Waals surface area contributed by atoms with Gasteiger partial charge in [-0.1, -0.05) is 24.3 Å². The zero-order chi connectivity index (χ0) is 21.0. The van der Waals surface area contributed by atoms with Crippen LogP contribution in [-0.4, -0.2) is 16.2 Å². The van der Waals surface area contributed by atoms with E-state index in [2.05, 4.69) is 0 Å². The number of aromatic hydroxyl groups is 1. The van der Waals surface area contributed by atoms with E-state index in [1.165, 1.54) is 12.1 Å². The third kappa shape index (κ3) is 2.56. The average Bonchev–Trinajstić information content (AvgIpc) is 2.74. The maximum atomic E-state index is 11.9. The van der Waals surface area contributed by atoms with E-state index in [0.717, 1.165) is 16.2 Å². The third-order valence-electron chi connectivity index (χ3n) is 5.49. The van der Waals surface area contributed by atoms with Gasteiger partial charge in [-0.2, -0.15) is 0 Å². The first-order valence-corrected chi connectivity index (χ1v) is 9.40. The number of aromatic carboxylic acids is 1. The molecular weight excluding hydrogens is 380 g/mol. The van der Waals surface area contributed by atoms with Crippen molar-refractivity contribution >= 4 is 38.7 Å². The van der Waals surface area contributed by atoms with Crippen molar-refractivity contribution in [1.29, 1.82) is 0 Å². The second-order valence-corrected chi connectivity index (χ2v) is 7.24. The molecule has 5 heteroatoms. The van der Waals surface area contributed by atoms with Crippen LogP contribution in [0.2, 0.25) is 0 Å². The first kappa shape index (κ1) is 17.9. The fraction of sp³-hybridized carbons (Fsp3) is 0.0400. The normalized spacial score (nSPS) is 11.4. The molecule has 5 rings (SSSR count). The fourth-order valence-corrected chi connectivity index (χ4v) is 4.02. The van der Waals surface area contributed by atoms with E-state index in [4.69, 9.17) is 4.42 Å². The number of carboxylic acids is 1. The number of rotatable bonds is 2. The molecule has 0 fully saturated rings. The van der Waals surface area contributed by atoms with Crippen molar-refractivity contribution in [3.63, 3.8) is 0 Å². The number of hydrogen-bond acceptors (Lipinski definition) is 4. The molecule has 0 saturated heterocycles. The van der Waals surface area contributed by atoms with Crippen molar-refractivity contribution in [2.45, 2.75) is 6.92 Å². The molecule has 1 heterocycles. The van der Waals surface area contributed by atoms with Gasteiger partial charge in [0.2, 0.25) is 0 Å². The SMILES string of the molecule is Cc1c(O)ccc2c(-c3ccccc3C(=O)O)c3ccc4cc(=O)ccc4c3oc12. The second kappa shape index (κ2) is 6.46. The Kier molecular flexibility index (Phi) is 3.86. The van der Waals surface area contributed by atoms with Gasteiger partial charge in [-0.3, -0.25) is 4.79 Å². The Morgan fingerprint density at radius 2 is 1.57 bits per heavy atom. The van der Waals surface area contributed by atoms with Crippen LogP contribution in [-0.2, 0) is 0 Å². The number of phenolic OH excluding ortho intramolecular Hbond substituents is 1. The van der Waals surface area contributed by atoms with Crippen LogP contribution < -0.4 is 5.43 Å². The van der Waals surface area contributed by atoms with Crippen LogP contribution in [0.4, 0.5) is 0 Å². The van der Waals surface area contributed by atoms with E-state index in [9.17, 15) is 19.8 Å². The highest BCUT2D eigenvalue weighted by atomic mass is 16.4. The number of fused-ring (bicyclic) bond motifs is 4. The van der Waals surface area contributed by atoms with Gasteiger partial charge in [0.25, 0.3) is 0 Å². The molecule has 0 aliphatic heterocycles. The molecule has 1 aromatic heterocycles. The molecule has 0 atom stereocenters. The van der Waals surface area contributed by atoms with E-state index in [0.29, 0.717) is 33.2 Å². The molecular formula is C25H16O5. The van der Waals surface area contributed by atoms with Gasteiger partial charge in [-0.15, -0.1) is 0 Å². The second-order valence-electron chi connectivity index (χ2n) is 7.24. The summed E-state index contributed by atoms with van der Waals surface area (Å²) in [6.07, 6.45) is 0. The highest BCUT2D eigenvalue weighted by Gasteiger charge is 2.20. The first-order valence-electron chi connectivity index (χ1n) is 9.40. The minimum atomic E-state index is -1.03. The lowest BCUT2D eigenvalue weighted by molar-refractivity contribution is 0.0697. The summed E-state index contributed by atoms with van der Waals surface area (Å²) in [5.74, 6) is -0.940. The van der Waals surface area contributed by atoms with Crippen LogP contribution in [0.15, 0.2) is 75.9 Å². The van der Waals surface area contributed by atoms with Crippen molar-refractivity contribution in [2.24, 2.45) is 0 Å². The van der Waals surface area contributed by atoms with Crippen molar-refractivity contribution < 1.29 is 19.4 Å². The van der Waals surface area contributed by atoms with E-state index >= 15 is 0 Å². The number of phenols is 1. The van der Waals surface area contributed by atoms with E-state index in [-0.39, 0.29) is 16.7 Å². The van der Waals surface area contributed by atoms with Crippen LogP contribution in [0, 0.1) is 6.92 Å². The number of benzene rings is 4. The Hall–Kier alpha value is -4.12. The largest absolute Gasteiger partial charge is 0.508 e. The summed E-state index contributed by atoms with van der Waals surface area (Å²) >= 11 is 0. The van der Waals surface area contributed by atoms with E-state index in [1.54, 1.807) is 49.4 Å². The van der Waals surface area contributed by atoms with Crippen molar-refractivity contribution in [3.8, 4) is 16.9 Å². The monoisotopic (exact) mass is 396 g/mol. The van der Waals surface area contributed by atoms with Crippen LogP contribution in [0.25, 0.3) is 43.8 Å². The zero-order valence-corrected chi connectivity index (χ0v) is 16.0. The molecule has 30 heavy (non-hydrogen) atoms. The lowest BCUT2D eigenvalue weighted by atomic mass is 9.91. The maximum absolute atomic E-state index is 11.9. The molecule has 146 valence electrons. The summed E-state index contributed by atoms with van der Waals surface area (Å²) in [7, 11) is 0. The van der Waals surface area contributed by atoms with Crippen molar-refractivity contribution in [2.75, 3.05) is 0 Å². The molecule has 0 bridgehead atoms. The van der Waals surface area contributed by atoms with Crippen molar-refractivity contribution in [1.82, 2.24) is 0 Å². The average molecular weight is 396 g/mol. The van der Waals surface area contributed by atoms with Crippen LogP contribution >= 0.6 is 0 Å². The fourth-order valence-electron chi connectivity index (χ4n) is 4.02. The summed E-state index contributed by atoms with van der Waals surface area (Å²) in [6, 6.07) is 18.5. The molecule has 5 aromatic rings. The number of carboxylic acid groups (broad SMARTS) is 1. The van der Waals surface area contributed by atoms with Gasteiger partial charge >= 0.3 is 5.97 Å². The smallest absolute Gasteiger partial charge is 0.336 e. The highest BCUT2D eigenvalue weighted by Crippen LogP contribution is 2.42.